The minimum absolute atomic E-state index is 0.0671. The molecule has 27 heavy (non-hydrogen) atoms. The summed E-state index contributed by atoms with van der Waals surface area (Å²) in [5.74, 6) is 1.10. The molecular formula is C21H23N3O3. The number of benzene rings is 1. The van der Waals surface area contributed by atoms with Gasteiger partial charge in [0.25, 0.3) is 5.91 Å². The number of amides is 1. The largest absolute Gasteiger partial charge is 0.451 e. The van der Waals surface area contributed by atoms with Crippen molar-refractivity contribution >= 4 is 16.9 Å². The van der Waals surface area contributed by atoms with E-state index in [9.17, 15) is 4.79 Å². The Morgan fingerprint density at radius 3 is 3.00 bits per heavy atom. The topological polar surface area (TPSA) is 60.5 Å². The van der Waals surface area contributed by atoms with Gasteiger partial charge in [-0.05, 0) is 43.4 Å². The van der Waals surface area contributed by atoms with Crippen molar-refractivity contribution in [2.75, 3.05) is 19.8 Å². The van der Waals surface area contributed by atoms with Crippen LogP contribution in [0.3, 0.4) is 0 Å². The molecule has 3 heterocycles. The predicted molar refractivity (Wildman–Crippen MR) is 100 cm³/mol. The molecule has 1 saturated carbocycles. The van der Waals surface area contributed by atoms with E-state index >= 15 is 0 Å². The van der Waals surface area contributed by atoms with E-state index < -0.39 is 0 Å². The van der Waals surface area contributed by atoms with Crippen LogP contribution in [0.5, 0.6) is 0 Å². The van der Waals surface area contributed by atoms with Crippen molar-refractivity contribution in [1.29, 1.82) is 0 Å². The summed E-state index contributed by atoms with van der Waals surface area (Å²) in [4.78, 5) is 14.9. The van der Waals surface area contributed by atoms with Crippen molar-refractivity contribution in [1.82, 2.24) is 14.7 Å². The van der Waals surface area contributed by atoms with Gasteiger partial charge in [-0.3, -0.25) is 9.48 Å². The molecule has 0 spiro atoms. The van der Waals surface area contributed by atoms with Crippen molar-refractivity contribution in [3.8, 4) is 0 Å². The van der Waals surface area contributed by atoms with E-state index in [-0.39, 0.29) is 11.9 Å². The Balaban J connectivity index is 1.31. The molecule has 1 aliphatic carbocycles. The second-order valence-corrected chi connectivity index (χ2v) is 7.56. The fraction of sp³-hybridized carbons (Fsp3) is 0.429. The number of para-hydroxylation sites is 1. The number of fused-ring (bicyclic) bond motifs is 2. The second kappa shape index (κ2) is 6.85. The van der Waals surface area contributed by atoms with E-state index in [1.54, 1.807) is 0 Å². The Morgan fingerprint density at radius 2 is 2.15 bits per heavy atom. The lowest BCUT2D eigenvalue weighted by Gasteiger charge is -2.33. The summed E-state index contributed by atoms with van der Waals surface area (Å²) in [7, 11) is 0. The molecule has 1 aromatic carbocycles. The summed E-state index contributed by atoms with van der Waals surface area (Å²) >= 11 is 0. The van der Waals surface area contributed by atoms with Crippen LogP contribution in [0.25, 0.3) is 11.0 Å². The predicted octanol–water partition coefficient (Wildman–Crippen LogP) is 3.64. The third-order valence-electron chi connectivity index (χ3n) is 5.45. The summed E-state index contributed by atoms with van der Waals surface area (Å²) in [5, 5.41) is 5.42. The van der Waals surface area contributed by atoms with Gasteiger partial charge in [0.1, 0.15) is 5.58 Å². The maximum atomic E-state index is 13.0. The van der Waals surface area contributed by atoms with E-state index in [0.29, 0.717) is 25.5 Å². The Labute approximate surface area is 157 Å². The Kier molecular flexibility index (Phi) is 4.20. The van der Waals surface area contributed by atoms with Gasteiger partial charge in [-0.15, -0.1) is 0 Å². The highest BCUT2D eigenvalue weighted by molar-refractivity contribution is 5.96. The van der Waals surface area contributed by atoms with Crippen LogP contribution in [0.1, 0.15) is 41.6 Å². The molecule has 140 valence electrons. The fourth-order valence-electron chi connectivity index (χ4n) is 3.75. The summed E-state index contributed by atoms with van der Waals surface area (Å²) in [6.07, 6.45) is 5.26. The van der Waals surface area contributed by atoms with Gasteiger partial charge in [0.2, 0.25) is 0 Å². The van der Waals surface area contributed by atoms with E-state index in [1.165, 1.54) is 12.8 Å². The van der Waals surface area contributed by atoms with Crippen molar-refractivity contribution < 1.29 is 13.9 Å². The molecule has 1 aliphatic heterocycles. The molecule has 0 N–H and O–H groups in total. The number of furan rings is 1. The van der Waals surface area contributed by atoms with Gasteiger partial charge in [0, 0.05) is 31.3 Å². The van der Waals surface area contributed by atoms with Crippen molar-refractivity contribution in [2.45, 2.75) is 31.8 Å². The maximum absolute atomic E-state index is 13.0. The van der Waals surface area contributed by atoms with E-state index in [2.05, 4.69) is 5.10 Å². The Bertz CT molecular complexity index is 923. The van der Waals surface area contributed by atoms with Crippen LogP contribution in [0, 0.1) is 5.92 Å². The standard InChI is InChI=1S/C21H23N3O3/c25-21(20-11-16-3-1-2-4-19(16)27-20)23-12-17-7-9-22-24(17)18(13-23)8-10-26-14-15-5-6-15/h1-4,7,9,11,15,18H,5-6,8,10,12-14H2/t18-/m0/s1. The average Bonchev–Trinajstić information content (AvgIpc) is 3.21. The smallest absolute Gasteiger partial charge is 0.290 e. The molecule has 1 fully saturated rings. The summed E-state index contributed by atoms with van der Waals surface area (Å²) in [5.41, 5.74) is 1.80. The molecule has 6 heteroatoms. The number of aromatic nitrogens is 2. The fourth-order valence-corrected chi connectivity index (χ4v) is 3.75. The normalized spacial score (nSPS) is 19.4. The third-order valence-corrected chi connectivity index (χ3v) is 5.45. The Morgan fingerprint density at radius 1 is 1.26 bits per heavy atom. The molecule has 1 atom stereocenters. The van der Waals surface area contributed by atoms with Gasteiger partial charge in [0.05, 0.1) is 18.3 Å². The first-order valence-corrected chi connectivity index (χ1v) is 9.66. The van der Waals surface area contributed by atoms with Gasteiger partial charge in [-0.25, -0.2) is 0 Å². The third kappa shape index (κ3) is 3.37. The first-order valence-electron chi connectivity index (χ1n) is 9.66. The molecule has 2 aliphatic rings. The van der Waals surface area contributed by atoms with Crippen LogP contribution >= 0.6 is 0 Å². The summed E-state index contributed by atoms with van der Waals surface area (Å²) < 4.78 is 13.6. The van der Waals surface area contributed by atoms with E-state index in [4.69, 9.17) is 9.15 Å². The molecule has 0 radical (unpaired) electrons. The number of nitrogens with zero attached hydrogens (tertiary/aromatic N) is 3. The number of hydrogen-bond donors (Lipinski definition) is 0. The quantitative estimate of drug-likeness (QED) is 0.626. The zero-order valence-electron chi connectivity index (χ0n) is 15.2. The SMILES string of the molecule is O=C(c1cc2ccccc2o1)N1Cc2ccnn2[C@@H](CCOCC2CC2)C1. The first kappa shape index (κ1) is 16.6. The lowest BCUT2D eigenvalue weighted by Crippen LogP contribution is -2.41. The summed E-state index contributed by atoms with van der Waals surface area (Å²) in [6.45, 7) is 2.74. The van der Waals surface area contributed by atoms with Crippen LogP contribution in [-0.4, -0.2) is 40.3 Å². The monoisotopic (exact) mass is 365 g/mol. The average molecular weight is 365 g/mol. The van der Waals surface area contributed by atoms with Gasteiger partial charge in [-0.2, -0.15) is 5.10 Å². The van der Waals surface area contributed by atoms with Gasteiger partial charge in [0.15, 0.2) is 5.76 Å². The first-order chi connectivity index (χ1) is 13.3. The molecule has 6 nitrogen and oxygen atoms in total. The minimum atomic E-state index is -0.0671. The molecule has 2 aromatic heterocycles. The van der Waals surface area contributed by atoms with Gasteiger partial charge in [-0.1, -0.05) is 18.2 Å². The number of rotatable bonds is 6. The zero-order chi connectivity index (χ0) is 18.2. The zero-order valence-corrected chi connectivity index (χ0v) is 15.2. The molecule has 3 aromatic rings. The van der Waals surface area contributed by atoms with Crippen LogP contribution in [-0.2, 0) is 11.3 Å². The van der Waals surface area contributed by atoms with Gasteiger partial charge < -0.3 is 14.1 Å². The van der Waals surface area contributed by atoms with Crippen molar-refractivity contribution in [3.63, 3.8) is 0 Å². The molecule has 5 rings (SSSR count). The maximum Gasteiger partial charge on any atom is 0.290 e. The van der Waals surface area contributed by atoms with Crippen LogP contribution in [0.2, 0.25) is 0 Å². The summed E-state index contributed by atoms with van der Waals surface area (Å²) in [6, 6.07) is 11.7. The highest BCUT2D eigenvalue weighted by Gasteiger charge is 2.30. The van der Waals surface area contributed by atoms with E-state index in [0.717, 1.165) is 35.6 Å². The van der Waals surface area contributed by atoms with Crippen LogP contribution in [0.4, 0.5) is 0 Å². The van der Waals surface area contributed by atoms with E-state index in [1.807, 2.05) is 52.2 Å². The van der Waals surface area contributed by atoms with Crippen LogP contribution in [0.15, 0.2) is 47.0 Å². The number of carbonyl (C=O) groups excluding carboxylic acids is 1. The number of ether oxygens (including phenoxy) is 1. The van der Waals surface area contributed by atoms with Gasteiger partial charge >= 0.3 is 0 Å². The highest BCUT2D eigenvalue weighted by atomic mass is 16.5. The molecule has 0 saturated heterocycles. The lowest BCUT2D eigenvalue weighted by atomic mass is 10.1. The minimum Gasteiger partial charge on any atom is -0.451 e. The van der Waals surface area contributed by atoms with Crippen molar-refractivity contribution in [2.24, 2.45) is 5.92 Å². The van der Waals surface area contributed by atoms with Crippen LogP contribution < -0.4 is 0 Å². The Hall–Kier alpha value is -2.60. The molecule has 1 amide bonds. The molecular weight excluding hydrogens is 342 g/mol. The lowest BCUT2D eigenvalue weighted by molar-refractivity contribution is 0.0584. The van der Waals surface area contributed by atoms with Crippen molar-refractivity contribution in [3.05, 3.63) is 54.0 Å². The molecule has 0 bridgehead atoms. The molecule has 0 unspecified atom stereocenters. The number of carbonyl (C=O) groups is 1. The highest BCUT2D eigenvalue weighted by Crippen LogP contribution is 2.30. The number of hydrogen-bond acceptors (Lipinski definition) is 4. The second-order valence-electron chi connectivity index (χ2n) is 7.56.